The van der Waals surface area contributed by atoms with Gasteiger partial charge in [-0.1, -0.05) is 63.2 Å². The Morgan fingerprint density at radius 1 is 1.04 bits per heavy atom. The fourth-order valence-corrected chi connectivity index (χ4v) is 5.59. The number of nitrogens with zero attached hydrogens (tertiary/aromatic N) is 1. The van der Waals surface area contributed by atoms with Gasteiger partial charge in [0.05, 0.1) is 5.69 Å². The topological polar surface area (TPSA) is 22.1 Å². The van der Waals surface area contributed by atoms with Gasteiger partial charge in [0.1, 0.15) is 4.93 Å². The van der Waals surface area contributed by atoms with Crippen LogP contribution in [0.4, 0.5) is 0 Å². The van der Waals surface area contributed by atoms with Crippen molar-refractivity contribution < 1.29 is 4.43 Å². The molecule has 0 aliphatic carbocycles. The fourth-order valence-electron chi connectivity index (χ4n) is 2.40. The standard InChI is InChI=1S/C21H31NOSSi/c1-8-21(19-11-9-10-16-22-19,23-25(6,7)20(3,4)5)24-18-14-12-17(2)13-15-18/h9-16H,8H2,1-7H3/t21-/m0/s1. The highest BCUT2D eigenvalue weighted by Gasteiger charge is 2.46. The van der Waals surface area contributed by atoms with Crippen LogP contribution in [0.1, 0.15) is 45.4 Å². The second kappa shape index (κ2) is 7.64. The molecule has 0 radical (unpaired) electrons. The summed E-state index contributed by atoms with van der Waals surface area (Å²) >= 11 is 1.79. The molecule has 1 aromatic carbocycles. The van der Waals surface area contributed by atoms with Crippen molar-refractivity contribution in [1.29, 1.82) is 0 Å². The Kier molecular flexibility index (Phi) is 6.18. The van der Waals surface area contributed by atoms with E-state index in [0.717, 1.165) is 12.1 Å². The quantitative estimate of drug-likeness (QED) is 0.317. The summed E-state index contributed by atoms with van der Waals surface area (Å²) in [5, 5.41) is 0.149. The lowest BCUT2D eigenvalue weighted by molar-refractivity contribution is 0.137. The van der Waals surface area contributed by atoms with E-state index in [1.807, 2.05) is 12.3 Å². The number of benzene rings is 1. The minimum absolute atomic E-state index is 0.149. The normalized spacial score (nSPS) is 15.0. The summed E-state index contributed by atoms with van der Waals surface area (Å²) in [5.41, 5.74) is 2.28. The van der Waals surface area contributed by atoms with Gasteiger partial charge in [-0.05, 0) is 55.7 Å². The van der Waals surface area contributed by atoms with Crippen molar-refractivity contribution in [3.63, 3.8) is 0 Å². The predicted molar refractivity (Wildman–Crippen MR) is 112 cm³/mol. The van der Waals surface area contributed by atoms with Crippen LogP contribution < -0.4 is 0 Å². The summed E-state index contributed by atoms with van der Waals surface area (Å²) in [7, 11) is -1.97. The van der Waals surface area contributed by atoms with Crippen LogP contribution in [0.15, 0.2) is 53.6 Å². The van der Waals surface area contributed by atoms with Gasteiger partial charge in [-0.2, -0.15) is 0 Å². The summed E-state index contributed by atoms with van der Waals surface area (Å²) in [4.78, 5) is 5.44. The molecule has 0 saturated heterocycles. The first-order valence-electron chi connectivity index (χ1n) is 8.97. The van der Waals surface area contributed by atoms with Crippen LogP contribution in [0, 0.1) is 6.92 Å². The van der Waals surface area contributed by atoms with Crippen LogP contribution in [0.5, 0.6) is 0 Å². The SMILES string of the molecule is CC[C@](O[Si](C)(C)C(C)(C)C)(Sc1ccc(C)cc1)c1ccccn1. The maximum absolute atomic E-state index is 7.00. The van der Waals surface area contributed by atoms with E-state index in [4.69, 9.17) is 4.43 Å². The first kappa shape index (κ1) is 20.2. The minimum atomic E-state index is -1.97. The molecule has 0 saturated carbocycles. The number of pyridine rings is 1. The Balaban J connectivity index is 2.48. The molecule has 0 fully saturated rings. The monoisotopic (exact) mass is 373 g/mol. The lowest BCUT2D eigenvalue weighted by atomic mass is 10.2. The van der Waals surface area contributed by atoms with Gasteiger partial charge in [-0.15, -0.1) is 0 Å². The number of hydrogen-bond acceptors (Lipinski definition) is 3. The van der Waals surface area contributed by atoms with E-state index in [1.165, 1.54) is 10.5 Å². The highest BCUT2D eigenvalue weighted by molar-refractivity contribution is 8.00. The summed E-state index contributed by atoms with van der Waals surface area (Å²) in [5.74, 6) is 0. The van der Waals surface area contributed by atoms with Crippen molar-refractivity contribution >= 4 is 20.1 Å². The summed E-state index contributed by atoms with van der Waals surface area (Å²) in [6.07, 6.45) is 2.74. The minimum Gasteiger partial charge on any atom is -0.397 e. The van der Waals surface area contributed by atoms with Gasteiger partial charge in [0.2, 0.25) is 0 Å². The third kappa shape index (κ3) is 4.75. The molecular formula is C21H31NOSSi. The van der Waals surface area contributed by atoms with Gasteiger partial charge >= 0.3 is 0 Å². The van der Waals surface area contributed by atoms with Gasteiger partial charge in [0.15, 0.2) is 8.32 Å². The van der Waals surface area contributed by atoms with Gasteiger partial charge in [-0.3, -0.25) is 4.98 Å². The fraction of sp³-hybridized carbons (Fsp3) is 0.476. The molecular weight excluding hydrogens is 342 g/mol. The smallest absolute Gasteiger partial charge is 0.194 e. The van der Waals surface area contributed by atoms with E-state index in [1.54, 1.807) is 11.8 Å². The first-order valence-corrected chi connectivity index (χ1v) is 12.7. The largest absolute Gasteiger partial charge is 0.397 e. The molecule has 0 N–H and O–H groups in total. The average Bonchev–Trinajstić information content (AvgIpc) is 2.56. The van der Waals surface area contributed by atoms with Gasteiger partial charge in [-0.25, -0.2) is 0 Å². The average molecular weight is 374 g/mol. The highest BCUT2D eigenvalue weighted by Crippen LogP contribution is 2.50. The van der Waals surface area contributed by atoms with Crippen molar-refractivity contribution in [2.75, 3.05) is 0 Å². The third-order valence-corrected chi connectivity index (χ3v) is 11.1. The molecule has 2 nitrogen and oxygen atoms in total. The first-order chi connectivity index (χ1) is 11.6. The molecule has 2 rings (SSSR count). The number of thioether (sulfide) groups is 1. The van der Waals surface area contributed by atoms with E-state index in [0.29, 0.717) is 0 Å². The molecule has 0 unspecified atom stereocenters. The molecule has 1 heterocycles. The Hall–Kier alpha value is -1.10. The lowest BCUT2D eigenvalue weighted by Crippen LogP contribution is -2.47. The molecule has 1 atom stereocenters. The highest BCUT2D eigenvalue weighted by atomic mass is 32.2. The zero-order valence-electron chi connectivity index (χ0n) is 16.6. The number of hydrogen-bond donors (Lipinski definition) is 0. The van der Waals surface area contributed by atoms with Crippen molar-refractivity contribution in [1.82, 2.24) is 4.98 Å². The second-order valence-corrected chi connectivity index (χ2v) is 14.2. The zero-order valence-corrected chi connectivity index (χ0v) is 18.4. The van der Waals surface area contributed by atoms with Crippen LogP contribution in [0.25, 0.3) is 0 Å². The molecule has 0 aliphatic heterocycles. The Bertz CT molecular complexity index is 679. The molecule has 0 aliphatic rings. The van der Waals surface area contributed by atoms with E-state index in [-0.39, 0.29) is 5.04 Å². The lowest BCUT2D eigenvalue weighted by Gasteiger charge is -2.44. The second-order valence-electron chi connectivity index (χ2n) is 8.10. The van der Waals surface area contributed by atoms with E-state index in [2.05, 4.69) is 89.1 Å². The van der Waals surface area contributed by atoms with Crippen molar-refractivity contribution in [2.24, 2.45) is 0 Å². The van der Waals surface area contributed by atoms with Crippen LogP contribution in [-0.2, 0) is 9.36 Å². The predicted octanol–water partition coefficient (Wildman–Crippen LogP) is 6.77. The molecule has 25 heavy (non-hydrogen) atoms. The van der Waals surface area contributed by atoms with E-state index in [9.17, 15) is 0 Å². The van der Waals surface area contributed by atoms with E-state index < -0.39 is 13.3 Å². The van der Waals surface area contributed by atoms with Crippen molar-refractivity contribution in [3.05, 3.63) is 59.9 Å². The molecule has 2 aromatic rings. The Labute approximate surface area is 158 Å². The molecule has 0 bridgehead atoms. The Morgan fingerprint density at radius 2 is 1.68 bits per heavy atom. The van der Waals surface area contributed by atoms with Crippen LogP contribution in [0.3, 0.4) is 0 Å². The van der Waals surface area contributed by atoms with Gasteiger partial charge in [0, 0.05) is 11.1 Å². The summed E-state index contributed by atoms with van der Waals surface area (Å²) in [6, 6.07) is 14.8. The van der Waals surface area contributed by atoms with Crippen LogP contribution >= 0.6 is 11.8 Å². The Morgan fingerprint density at radius 3 is 2.16 bits per heavy atom. The van der Waals surface area contributed by atoms with Crippen LogP contribution in [0.2, 0.25) is 18.1 Å². The number of aryl methyl sites for hydroxylation is 1. The molecule has 0 spiro atoms. The van der Waals surface area contributed by atoms with E-state index >= 15 is 0 Å². The van der Waals surface area contributed by atoms with Gasteiger partial charge < -0.3 is 4.43 Å². The molecule has 136 valence electrons. The van der Waals surface area contributed by atoms with Crippen molar-refractivity contribution in [3.8, 4) is 0 Å². The molecule has 1 aromatic heterocycles. The van der Waals surface area contributed by atoms with Crippen LogP contribution in [-0.4, -0.2) is 13.3 Å². The number of rotatable bonds is 6. The maximum atomic E-state index is 7.00. The zero-order chi connectivity index (χ0) is 18.7. The van der Waals surface area contributed by atoms with Crippen molar-refractivity contribution in [2.45, 2.75) is 69.0 Å². The third-order valence-electron chi connectivity index (χ3n) is 5.05. The molecule has 0 amide bonds. The summed E-state index contributed by atoms with van der Waals surface area (Å²) < 4.78 is 7.00. The molecule has 4 heteroatoms. The maximum Gasteiger partial charge on any atom is 0.194 e. The van der Waals surface area contributed by atoms with Gasteiger partial charge in [0.25, 0.3) is 0 Å². The number of aromatic nitrogens is 1. The summed E-state index contributed by atoms with van der Waals surface area (Å²) in [6.45, 7) is 15.8.